The minimum Gasteiger partial charge on any atom is -0.393 e. The molecule has 0 aromatic heterocycles. The van der Waals surface area contributed by atoms with Gasteiger partial charge in [-0.15, -0.1) is 0 Å². The molecule has 3 nitrogen and oxygen atoms in total. The third-order valence-corrected chi connectivity index (χ3v) is 11.1. The average molecular weight is 429 g/mol. The highest BCUT2D eigenvalue weighted by Gasteiger charge is 2.60. The molecule has 0 bridgehead atoms. The van der Waals surface area contributed by atoms with Crippen molar-refractivity contribution in [3.8, 4) is 0 Å². The van der Waals surface area contributed by atoms with Crippen LogP contribution in [0.2, 0.25) is 0 Å². The van der Waals surface area contributed by atoms with Crippen molar-refractivity contribution in [1.29, 1.82) is 0 Å². The summed E-state index contributed by atoms with van der Waals surface area (Å²) in [5, 5.41) is 10.3. The van der Waals surface area contributed by atoms with Crippen molar-refractivity contribution in [2.45, 2.75) is 111 Å². The van der Waals surface area contributed by atoms with E-state index in [0.717, 1.165) is 44.9 Å². The summed E-state index contributed by atoms with van der Waals surface area (Å²) in [6.07, 6.45) is 8.98. The summed E-state index contributed by atoms with van der Waals surface area (Å²) in [5.74, 6) is 3.74. The van der Waals surface area contributed by atoms with Crippen LogP contribution in [0, 0.1) is 46.3 Å². The number of hydrogen-bond donors (Lipinski definition) is 1. The summed E-state index contributed by atoms with van der Waals surface area (Å²) in [6, 6.07) is 0. The predicted molar refractivity (Wildman–Crippen MR) is 123 cm³/mol. The van der Waals surface area contributed by atoms with Gasteiger partial charge in [0.15, 0.2) is 5.78 Å². The molecule has 5 rings (SSSR count). The molecule has 0 aromatic carbocycles. The Morgan fingerprint density at radius 2 is 1.77 bits per heavy atom. The average Bonchev–Trinajstić information content (AvgIpc) is 3.46. The third kappa shape index (κ3) is 3.23. The number of epoxide rings is 1. The fourth-order valence-electron chi connectivity index (χ4n) is 8.70. The van der Waals surface area contributed by atoms with Crippen LogP contribution in [0.15, 0.2) is 11.1 Å². The van der Waals surface area contributed by atoms with Gasteiger partial charge in [-0.1, -0.05) is 47.1 Å². The fourth-order valence-corrected chi connectivity index (χ4v) is 8.70. The Hall–Kier alpha value is -0.670. The van der Waals surface area contributed by atoms with E-state index in [1.54, 1.807) is 0 Å². The van der Waals surface area contributed by atoms with Crippen molar-refractivity contribution < 1.29 is 14.6 Å². The van der Waals surface area contributed by atoms with Crippen LogP contribution in [-0.4, -0.2) is 29.2 Å². The van der Waals surface area contributed by atoms with Crippen LogP contribution in [0.1, 0.15) is 92.9 Å². The normalized spacial score (nSPS) is 48.8. The van der Waals surface area contributed by atoms with Crippen LogP contribution in [0.5, 0.6) is 0 Å². The van der Waals surface area contributed by atoms with E-state index in [9.17, 15) is 9.90 Å². The Labute approximate surface area is 189 Å². The lowest BCUT2D eigenvalue weighted by atomic mass is 9.48. The molecule has 1 saturated heterocycles. The second-order valence-corrected chi connectivity index (χ2v) is 12.8. The zero-order chi connectivity index (χ0) is 22.3. The minimum absolute atomic E-state index is 0.0390. The number of rotatable bonds is 4. The topological polar surface area (TPSA) is 49.8 Å². The summed E-state index contributed by atoms with van der Waals surface area (Å²) >= 11 is 0. The zero-order valence-corrected chi connectivity index (χ0v) is 20.6. The Morgan fingerprint density at radius 1 is 1.03 bits per heavy atom. The van der Waals surface area contributed by atoms with E-state index in [1.807, 2.05) is 0 Å². The van der Waals surface area contributed by atoms with Gasteiger partial charge in [-0.25, -0.2) is 0 Å². The number of aliphatic hydroxyl groups is 1. The van der Waals surface area contributed by atoms with Crippen LogP contribution >= 0.6 is 0 Å². The van der Waals surface area contributed by atoms with Crippen molar-refractivity contribution >= 4 is 5.78 Å². The summed E-state index contributed by atoms with van der Waals surface area (Å²) in [7, 11) is 0. The van der Waals surface area contributed by atoms with E-state index >= 15 is 0 Å². The molecular formula is C28H44O3. The second kappa shape index (κ2) is 7.42. The number of hydrogen-bond acceptors (Lipinski definition) is 3. The van der Waals surface area contributed by atoms with Crippen LogP contribution in [0.25, 0.3) is 0 Å². The van der Waals surface area contributed by atoms with Crippen molar-refractivity contribution in [3.63, 3.8) is 0 Å². The molecule has 1 N–H and O–H groups in total. The SMILES string of the molecule is CC(C)C(C)[C@H]1O[C@@H]1C(C)[C@H]1CC(=O)C2=C3CC[C@H]4C[C@@H](O)CC[C@]4(C)C3CC[C@@]21C. The Kier molecular flexibility index (Phi) is 5.30. The summed E-state index contributed by atoms with van der Waals surface area (Å²) in [5.41, 5.74) is 3.10. The second-order valence-electron chi connectivity index (χ2n) is 12.8. The molecule has 3 unspecified atom stereocenters. The number of carbonyl (C=O) groups is 1. The van der Waals surface area contributed by atoms with Gasteiger partial charge in [-0.05, 0) is 91.3 Å². The van der Waals surface area contributed by atoms with Crippen molar-refractivity contribution in [3.05, 3.63) is 11.1 Å². The Morgan fingerprint density at radius 3 is 2.48 bits per heavy atom. The monoisotopic (exact) mass is 428 g/mol. The Balaban J connectivity index is 1.42. The molecule has 4 fully saturated rings. The van der Waals surface area contributed by atoms with Gasteiger partial charge >= 0.3 is 0 Å². The number of aliphatic hydroxyl groups excluding tert-OH is 1. The van der Waals surface area contributed by atoms with Gasteiger partial charge in [-0.3, -0.25) is 4.79 Å². The quantitative estimate of drug-likeness (QED) is 0.563. The standard InChI is InChI=1S/C28H44O3/c1-15(2)16(3)25-26(31-25)17(4)22-14-23(30)24-20-8-7-18-13-19(29)9-11-27(18,5)21(20)10-12-28(22,24)6/h15-19,21-22,25-26,29H,7-14H2,1-6H3/t16?,17?,18-,19-,21?,22+,25+,26+,27-,28+/m0/s1. The van der Waals surface area contributed by atoms with Gasteiger partial charge in [0.2, 0.25) is 0 Å². The number of ether oxygens (including phenoxy) is 1. The lowest BCUT2D eigenvalue weighted by Gasteiger charge is -2.56. The van der Waals surface area contributed by atoms with Gasteiger partial charge in [-0.2, -0.15) is 0 Å². The summed E-state index contributed by atoms with van der Waals surface area (Å²) < 4.78 is 6.23. The van der Waals surface area contributed by atoms with Gasteiger partial charge in [0.25, 0.3) is 0 Å². The minimum atomic E-state index is -0.112. The van der Waals surface area contributed by atoms with E-state index in [2.05, 4.69) is 41.5 Å². The highest BCUT2D eigenvalue weighted by Crippen LogP contribution is 2.65. The molecule has 3 heteroatoms. The number of ketones is 1. The molecule has 1 heterocycles. The van der Waals surface area contributed by atoms with Crippen molar-refractivity contribution in [2.24, 2.45) is 46.3 Å². The lowest BCUT2D eigenvalue weighted by Crippen LogP contribution is -2.48. The third-order valence-electron chi connectivity index (χ3n) is 11.1. The number of fused-ring (bicyclic) bond motifs is 4. The van der Waals surface area contributed by atoms with E-state index in [-0.39, 0.29) is 16.9 Å². The first-order valence-electron chi connectivity index (χ1n) is 13.2. The molecule has 3 saturated carbocycles. The molecule has 10 atom stereocenters. The van der Waals surface area contributed by atoms with Crippen LogP contribution < -0.4 is 0 Å². The van der Waals surface area contributed by atoms with E-state index in [1.165, 1.54) is 17.6 Å². The molecule has 4 aliphatic carbocycles. The molecule has 0 radical (unpaired) electrons. The van der Waals surface area contributed by atoms with E-state index < -0.39 is 0 Å². The zero-order valence-electron chi connectivity index (χ0n) is 20.6. The summed E-state index contributed by atoms with van der Waals surface area (Å²) in [6.45, 7) is 14.2. The summed E-state index contributed by atoms with van der Waals surface area (Å²) in [4.78, 5) is 13.5. The highest BCUT2D eigenvalue weighted by molar-refractivity contribution is 6.00. The largest absolute Gasteiger partial charge is 0.393 e. The van der Waals surface area contributed by atoms with E-state index in [0.29, 0.717) is 53.5 Å². The van der Waals surface area contributed by atoms with E-state index in [4.69, 9.17) is 4.74 Å². The van der Waals surface area contributed by atoms with Crippen LogP contribution in [0.3, 0.4) is 0 Å². The van der Waals surface area contributed by atoms with Gasteiger partial charge in [0.05, 0.1) is 18.3 Å². The van der Waals surface area contributed by atoms with Gasteiger partial charge in [0, 0.05) is 12.0 Å². The van der Waals surface area contributed by atoms with Crippen LogP contribution in [-0.2, 0) is 9.53 Å². The number of carbonyl (C=O) groups excluding carboxylic acids is 1. The molecule has 1 aliphatic heterocycles. The fraction of sp³-hybridized carbons (Fsp3) is 0.893. The van der Waals surface area contributed by atoms with Gasteiger partial charge in [0.1, 0.15) is 0 Å². The first-order chi connectivity index (χ1) is 14.6. The first kappa shape index (κ1) is 22.1. The number of Topliss-reactive ketones (excluding diaryl/α,β-unsaturated/α-hetero) is 1. The van der Waals surface area contributed by atoms with Crippen molar-refractivity contribution in [2.75, 3.05) is 0 Å². The molecule has 0 spiro atoms. The molecule has 5 aliphatic rings. The lowest BCUT2D eigenvalue weighted by molar-refractivity contribution is -0.115. The predicted octanol–water partition coefficient (Wildman–Crippen LogP) is 5.95. The van der Waals surface area contributed by atoms with Gasteiger partial charge < -0.3 is 9.84 Å². The maximum atomic E-state index is 13.5. The first-order valence-corrected chi connectivity index (χ1v) is 13.2. The smallest absolute Gasteiger partial charge is 0.159 e. The maximum absolute atomic E-state index is 13.5. The molecule has 0 aromatic rings. The molecular weight excluding hydrogens is 384 g/mol. The highest BCUT2D eigenvalue weighted by atomic mass is 16.6. The number of allylic oxidation sites excluding steroid dienone is 2. The maximum Gasteiger partial charge on any atom is 0.159 e. The molecule has 31 heavy (non-hydrogen) atoms. The van der Waals surface area contributed by atoms with Crippen molar-refractivity contribution in [1.82, 2.24) is 0 Å². The Bertz CT molecular complexity index is 783. The molecule has 174 valence electrons. The van der Waals surface area contributed by atoms with Crippen LogP contribution in [0.4, 0.5) is 0 Å². The molecule has 0 amide bonds.